The van der Waals surface area contributed by atoms with E-state index in [1.165, 1.54) is 21.9 Å². The molecule has 0 atom stereocenters. The van der Waals surface area contributed by atoms with E-state index < -0.39 is 0 Å². The monoisotopic (exact) mass is 432 g/mol. The Kier molecular flexibility index (Phi) is 6.23. The number of rotatable bonds is 6. The van der Waals surface area contributed by atoms with E-state index in [1.807, 2.05) is 41.8 Å². The van der Waals surface area contributed by atoms with Crippen LogP contribution >= 0.6 is 11.3 Å². The Balaban J connectivity index is 1.30. The molecule has 6 nitrogen and oxygen atoms in total. The standard InChI is InChI=1S/C24H24N4O2S/c1-16-8-9-19(17(2)14-16)21-15-31-24(25-21)26-22(29)10-11-23(30)28-13-12-20(27-28)18-6-4-3-5-7-18/h3-9,14-15H,10-13H2,1-2H3,(H,25,26,29). The largest absolute Gasteiger partial charge is 0.302 e. The highest BCUT2D eigenvalue weighted by Crippen LogP contribution is 2.28. The molecule has 158 valence electrons. The molecule has 0 saturated carbocycles. The van der Waals surface area contributed by atoms with Crippen LogP contribution in [-0.4, -0.2) is 34.1 Å². The molecular weight excluding hydrogens is 408 g/mol. The lowest BCUT2D eigenvalue weighted by Crippen LogP contribution is -2.24. The minimum atomic E-state index is -0.221. The highest BCUT2D eigenvalue weighted by molar-refractivity contribution is 7.14. The summed E-state index contributed by atoms with van der Waals surface area (Å²) < 4.78 is 0. The zero-order chi connectivity index (χ0) is 21.8. The van der Waals surface area contributed by atoms with Gasteiger partial charge in [0.05, 0.1) is 18.0 Å². The molecule has 0 spiro atoms. The number of hydrogen-bond donors (Lipinski definition) is 1. The molecule has 4 rings (SSSR count). The molecule has 1 aliphatic rings. The second kappa shape index (κ2) is 9.22. The summed E-state index contributed by atoms with van der Waals surface area (Å²) in [6, 6.07) is 16.0. The first-order chi connectivity index (χ1) is 15.0. The molecule has 1 N–H and O–H groups in total. The van der Waals surface area contributed by atoms with Crippen LogP contribution in [0.3, 0.4) is 0 Å². The summed E-state index contributed by atoms with van der Waals surface area (Å²) in [5.41, 5.74) is 6.18. The van der Waals surface area contributed by atoms with E-state index in [9.17, 15) is 9.59 Å². The second-order valence-electron chi connectivity index (χ2n) is 7.58. The smallest absolute Gasteiger partial charge is 0.243 e. The van der Waals surface area contributed by atoms with E-state index in [1.54, 1.807) is 0 Å². The molecule has 0 fully saturated rings. The number of carbonyl (C=O) groups excluding carboxylic acids is 2. The molecule has 1 aliphatic heterocycles. The molecule has 0 saturated heterocycles. The van der Waals surface area contributed by atoms with Crippen molar-refractivity contribution in [2.45, 2.75) is 33.1 Å². The van der Waals surface area contributed by atoms with E-state index in [4.69, 9.17) is 0 Å². The van der Waals surface area contributed by atoms with E-state index in [2.05, 4.69) is 41.4 Å². The van der Waals surface area contributed by atoms with Crippen LogP contribution in [0, 0.1) is 13.8 Å². The highest BCUT2D eigenvalue weighted by Gasteiger charge is 2.22. The van der Waals surface area contributed by atoms with E-state index in [0.717, 1.165) is 34.5 Å². The average Bonchev–Trinajstić information content (AvgIpc) is 3.43. The number of hydrogen-bond acceptors (Lipinski definition) is 5. The minimum Gasteiger partial charge on any atom is -0.302 e. The molecule has 31 heavy (non-hydrogen) atoms. The molecule has 0 bridgehead atoms. The van der Waals surface area contributed by atoms with Crippen LogP contribution in [0.25, 0.3) is 11.3 Å². The van der Waals surface area contributed by atoms with Crippen LogP contribution in [0.4, 0.5) is 5.13 Å². The summed E-state index contributed by atoms with van der Waals surface area (Å²) in [5, 5.41) is 11.2. The van der Waals surface area contributed by atoms with Crippen molar-refractivity contribution in [1.29, 1.82) is 0 Å². The number of aromatic nitrogens is 1. The van der Waals surface area contributed by atoms with E-state index in [-0.39, 0.29) is 24.7 Å². The maximum Gasteiger partial charge on any atom is 0.243 e. The van der Waals surface area contributed by atoms with Gasteiger partial charge < -0.3 is 5.32 Å². The van der Waals surface area contributed by atoms with Crippen molar-refractivity contribution in [1.82, 2.24) is 9.99 Å². The molecule has 0 aliphatic carbocycles. The maximum absolute atomic E-state index is 12.5. The van der Waals surface area contributed by atoms with Gasteiger partial charge >= 0.3 is 0 Å². The fourth-order valence-electron chi connectivity index (χ4n) is 3.56. The quantitative estimate of drug-likeness (QED) is 0.609. The number of amides is 2. The van der Waals surface area contributed by atoms with Crippen LogP contribution < -0.4 is 5.32 Å². The molecule has 2 heterocycles. The fraction of sp³-hybridized carbons (Fsp3) is 0.250. The number of nitrogens with zero attached hydrogens (tertiary/aromatic N) is 3. The van der Waals surface area contributed by atoms with Crippen molar-refractivity contribution in [2.24, 2.45) is 5.10 Å². The summed E-state index contributed by atoms with van der Waals surface area (Å²) in [6.45, 7) is 4.66. The van der Waals surface area contributed by atoms with Crippen molar-refractivity contribution in [3.63, 3.8) is 0 Å². The summed E-state index contributed by atoms with van der Waals surface area (Å²) in [4.78, 5) is 29.3. The average molecular weight is 433 g/mol. The van der Waals surface area contributed by atoms with Crippen LogP contribution in [0.15, 0.2) is 59.0 Å². The molecule has 2 amide bonds. The molecule has 3 aromatic rings. The van der Waals surface area contributed by atoms with Crippen LogP contribution in [0.2, 0.25) is 0 Å². The summed E-state index contributed by atoms with van der Waals surface area (Å²) in [7, 11) is 0. The van der Waals surface area contributed by atoms with E-state index in [0.29, 0.717) is 11.7 Å². The third kappa shape index (κ3) is 5.06. The van der Waals surface area contributed by atoms with Gasteiger partial charge in [-0.05, 0) is 25.0 Å². The Bertz CT molecular complexity index is 1140. The van der Waals surface area contributed by atoms with Crippen LogP contribution in [0.1, 0.15) is 36.0 Å². The number of nitrogens with one attached hydrogen (secondary N) is 1. The van der Waals surface area contributed by atoms with Crippen molar-refractivity contribution in [3.05, 3.63) is 70.6 Å². The number of anilines is 1. The number of thiazole rings is 1. The van der Waals surface area contributed by atoms with Crippen LogP contribution in [0.5, 0.6) is 0 Å². The number of hydrazone groups is 1. The van der Waals surface area contributed by atoms with Gasteiger partial charge in [-0.3, -0.25) is 9.59 Å². The Hall–Kier alpha value is -3.32. The third-order valence-electron chi connectivity index (χ3n) is 5.17. The van der Waals surface area contributed by atoms with Crippen LogP contribution in [-0.2, 0) is 9.59 Å². The Morgan fingerprint density at radius 3 is 2.68 bits per heavy atom. The van der Waals surface area contributed by atoms with Gasteiger partial charge in [0.15, 0.2) is 5.13 Å². The zero-order valence-electron chi connectivity index (χ0n) is 17.6. The first kappa shape index (κ1) is 20.9. The molecular formula is C24H24N4O2S. The van der Waals surface area contributed by atoms with Gasteiger partial charge in [-0.15, -0.1) is 11.3 Å². The van der Waals surface area contributed by atoms with Crippen molar-refractivity contribution < 1.29 is 9.59 Å². The minimum absolute atomic E-state index is 0.101. The van der Waals surface area contributed by atoms with Crippen molar-refractivity contribution in [3.8, 4) is 11.3 Å². The SMILES string of the molecule is Cc1ccc(-c2csc(NC(=O)CCC(=O)N3CCC(c4ccccc4)=N3)n2)c(C)c1. The van der Waals surface area contributed by atoms with Crippen molar-refractivity contribution in [2.75, 3.05) is 11.9 Å². The highest BCUT2D eigenvalue weighted by atomic mass is 32.1. The molecule has 7 heteroatoms. The van der Waals surface area contributed by atoms with Gasteiger partial charge in [0.1, 0.15) is 0 Å². The Morgan fingerprint density at radius 2 is 1.90 bits per heavy atom. The molecule has 0 radical (unpaired) electrons. The lowest BCUT2D eigenvalue weighted by molar-refractivity contribution is -0.132. The first-order valence-electron chi connectivity index (χ1n) is 10.3. The Labute approximate surface area is 185 Å². The predicted octanol–water partition coefficient (Wildman–Crippen LogP) is 4.78. The number of benzene rings is 2. The topological polar surface area (TPSA) is 74.7 Å². The molecule has 1 aromatic heterocycles. The van der Waals surface area contributed by atoms with Gasteiger partial charge in [-0.1, -0.05) is 54.1 Å². The number of carbonyl (C=O) groups is 2. The zero-order valence-corrected chi connectivity index (χ0v) is 18.4. The Morgan fingerprint density at radius 1 is 1.10 bits per heavy atom. The number of aryl methyl sites for hydroxylation is 2. The van der Waals surface area contributed by atoms with Gasteiger partial charge in [0.2, 0.25) is 11.8 Å². The van der Waals surface area contributed by atoms with Gasteiger partial charge in [-0.2, -0.15) is 5.10 Å². The van der Waals surface area contributed by atoms with Crippen molar-refractivity contribution >= 4 is 34.0 Å². The maximum atomic E-state index is 12.5. The lowest BCUT2D eigenvalue weighted by Gasteiger charge is -2.10. The summed E-state index contributed by atoms with van der Waals surface area (Å²) in [6.07, 6.45) is 0.943. The summed E-state index contributed by atoms with van der Waals surface area (Å²) >= 11 is 1.38. The van der Waals surface area contributed by atoms with Gasteiger partial charge in [0.25, 0.3) is 0 Å². The van der Waals surface area contributed by atoms with Gasteiger partial charge in [-0.25, -0.2) is 9.99 Å². The second-order valence-corrected chi connectivity index (χ2v) is 8.44. The normalized spacial score (nSPS) is 13.2. The molecule has 0 unspecified atom stereocenters. The first-order valence-corrected chi connectivity index (χ1v) is 11.1. The summed E-state index contributed by atoms with van der Waals surface area (Å²) in [5.74, 6) is -0.363. The van der Waals surface area contributed by atoms with E-state index >= 15 is 0 Å². The fourth-order valence-corrected chi connectivity index (χ4v) is 4.28. The van der Waals surface area contributed by atoms with Gasteiger partial charge in [0, 0.05) is 30.2 Å². The predicted molar refractivity (Wildman–Crippen MR) is 124 cm³/mol. The third-order valence-corrected chi connectivity index (χ3v) is 5.93. The lowest BCUT2D eigenvalue weighted by atomic mass is 10.0. The molecule has 2 aromatic carbocycles.